The van der Waals surface area contributed by atoms with Crippen molar-refractivity contribution in [3.8, 4) is 6.07 Å². The topological polar surface area (TPSA) is 39.1 Å². The molecular formula is C16H25N3. The molecule has 1 aromatic rings. The first kappa shape index (κ1) is 15.7. The Morgan fingerprint density at radius 1 is 1.26 bits per heavy atom. The summed E-state index contributed by atoms with van der Waals surface area (Å²) in [6, 6.07) is 8.43. The molecule has 0 saturated heterocycles. The summed E-state index contributed by atoms with van der Waals surface area (Å²) in [5, 5.41) is 12.7. The van der Waals surface area contributed by atoms with Gasteiger partial charge in [-0.3, -0.25) is 5.32 Å². The fraction of sp³-hybridized carbons (Fsp3) is 0.562. The number of aryl methyl sites for hydroxylation is 2. The zero-order valence-electron chi connectivity index (χ0n) is 12.5. The van der Waals surface area contributed by atoms with E-state index < -0.39 is 0 Å². The van der Waals surface area contributed by atoms with E-state index in [0.29, 0.717) is 0 Å². The lowest BCUT2D eigenvalue weighted by Gasteiger charge is -2.20. The van der Waals surface area contributed by atoms with Gasteiger partial charge in [0.05, 0.1) is 6.07 Å². The monoisotopic (exact) mass is 259 g/mol. The van der Waals surface area contributed by atoms with Crippen LogP contribution in [0.15, 0.2) is 18.2 Å². The lowest BCUT2D eigenvalue weighted by atomic mass is 10.00. The second kappa shape index (κ2) is 7.93. The van der Waals surface area contributed by atoms with E-state index in [2.05, 4.69) is 62.2 Å². The quantitative estimate of drug-likeness (QED) is 0.818. The minimum absolute atomic E-state index is 0.213. The van der Waals surface area contributed by atoms with E-state index in [-0.39, 0.29) is 6.04 Å². The van der Waals surface area contributed by atoms with Gasteiger partial charge in [-0.25, -0.2) is 0 Å². The SMILES string of the molecule is CCN(CC)CCNC(C#N)c1cc(C)ccc1C. The Labute approximate surface area is 117 Å². The first-order chi connectivity index (χ1) is 9.12. The van der Waals surface area contributed by atoms with Crippen LogP contribution in [-0.4, -0.2) is 31.1 Å². The second-order valence-electron chi connectivity index (χ2n) is 4.90. The van der Waals surface area contributed by atoms with Crippen LogP contribution in [0.1, 0.15) is 36.6 Å². The van der Waals surface area contributed by atoms with Crippen LogP contribution in [0.5, 0.6) is 0 Å². The molecule has 1 aromatic carbocycles. The molecule has 19 heavy (non-hydrogen) atoms. The standard InChI is InChI=1S/C16H25N3/c1-5-19(6-2)10-9-18-16(12-17)15-11-13(3)7-8-14(15)4/h7-8,11,16,18H,5-6,9-10H2,1-4H3. The number of nitrogens with one attached hydrogen (secondary N) is 1. The number of likely N-dealkylation sites (N-methyl/N-ethyl adjacent to an activating group) is 1. The Morgan fingerprint density at radius 3 is 2.53 bits per heavy atom. The van der Waals surface area contributed by atoms with Gasteiger partial charge in [0, 0.05) is 13.1 Å². The number of hydrogen-bond acceptors (Lipinski definition) is 3. The fourth-order valence-corrected chi connectivity index (χ4v) is 2.20. The number of nitrogens with zero attached hydrogens (tertiary/aromatic N) is 2. The molecule has 0 aliphatic rings. The van der Waals surface area contributed by atoms with Crippen molar-refractivity contribution in [3.63, 3.8) is 0 Å². The van der Waals surface area contributed by atoms with Crippen LogP contribution in [0.25, 0.3) is 0 Å². The molecule has 0 amide bonds. The van der Waals surface area contributed by atoms with E-state index >= 15 is 0 Å². The van der Waals surface area contributed by atoms with E-state index in [9.17, 15) is 5.26 Å². The summed E-state index contributed by atoms with van der Waals surface area (Å²) in [6.45, 7) is 12.4. The van der Waals surface area contributed by atoms with Crippen molar-refractivity contribution in [2.24, 2.45) is 0 Å². The Bertz CT molecular complexity index is 430. The maximum atomic E-state index is 9.35. The number of benzene rings is 1. The summed E-state index contributed by atoms with van der Waals surface area (Å²) in [4.78, 5) is 2.35. The first-order valence-corrected chi connectivity index (χ1v) is 7.04. The van der Waals surface area contributed by atoms with Gasteiger partial charge >= 0.3 is 0 Å². The lowest BCUT2D eigenvalue weighted by molar-refractivity contribution is 0.300. The van der Waals surface area contributed by atoms with Crippen molar-refractivity contribution < 1.29 is 0 Å². The van der Waals surface area contributed by atoms with Gasteiger partial charge in [-0.15, -0.1) is 0 Å². The fourth-order valence-electron chi connectivity index (χ4n) is 2.20. The average molecular weight is 259 g/mol. The van der Waals surface area contributed by atoms with Crippen molar-refractivity contribution in [1.29, 1.82) is 5.26 Å². The van der Waals surface area contributed by atoms with Crippen LogP contribution >= 0.6 is 0 Å². The van der Waals surface area contributed by atoms with Crippen molar-refractivity contribution in [3.05, 3.63) is 34.9 Å². The third-order valence-corrected chi connectivity index (χ3v) is 3.55. The maximum Gasteiger partial charge on any atom is 0.121 e. The minimum atomic E-state index is -0.213. The third kappa shape index (κ3) is 4.66. The summed E-state index contributed by atoms with van der Waals surface area (Å²) >= 11 is 0. The summed E-state index contributed by atoms with van der Waals surface area (Å²) in [5.74, 6) is 0. The molecule has 0 saturated carbocycles. The highest BCUT2D eigenvalue weighted by Crippen LogP contribution is 2.18. The van der Waals surface area contributed by atoms with E-state index in [1.165, 1.54) is 11.1 Å². The van der Waals surface area contributed by atoms with Crippen LogP contribution in [0.2, 0.25) is 0 Å². The predicted molar refractivity (Wildman–Crippen MR) is 80.1 cm³/mol. The van der Waals surface area contributed by atoms with Crippen molar-refractivity contribution in [2.75, 3.05) is 26.2 Å². The van der Waals surface area contributed by atoms with Crippen LogP contribution in [0.4, 0.5) is 0 Å². The zero-order chi connectivity index (χ0) is 14.3. The summed E-state index contributed by atoms with van der Waals surface area (Å²) in [6.07, 6.45) is 0. The molecule has 1 unspecified atom stereocenters. The Kier molecular flexibility index (Phi) is 6.55. The molecule has 0 fully saturated rings. The molecule has 0 aromatic heterocycles. The van der Waals surface area contributed by atoms with Crippen LogP contribution in [-0.2, 0) is 0 Å². The lowest BCUT2D eigenvalue weighted by Crippen LogP contribution is -2.33. The van der Waals surface area contributed by atoms with Gasteiger partial charge in [0.1, 0.15) is 6.04 Å². The van der Waals surface area contributed by atoms with Crippen molar-refractivity contribution >= 4 is 0 Å². The van der Waals surface area contributed by atoms with Gasteiger partial charge in [0.2, 0.25) is 0 Å². The highest BCUT2D eigenvalue weighted by atomic mass is 15.1. The number of nitriles is 1. The first-order valence-electron chi connectivity index (χ1n) is 7.04. The molecule has 0 aliphatic carbocycles. The molecule has 3 heteroatoms. The smallest absolute Gasteiger partial charge is 0.121 e. The Hall–Kier alpha value is -1.37. The molecule has 0 spiro atoms. The zero-order valence-corrected chi connectivity index (χ0v) is 12.5. The Morgan fingerprint density at radius 2 is 1.95 bits per heavy atom. The third-order valence-electron chi connectivity index (χ3n) is 3.55. The van der Waals surface area contributed by atoms with Gasteiger partial charge in [0.25, 0.3) is 0 Å². The highest BCUT2D eigenvalue weighted by Gasteiger charge is 2.12. The van der Waals surface area contributed by atoms with E-state index in [1.807, 2.05) is 0 Å². The van der Waals surface area contributed by atoms with Gasteiger partial charge in [-0.2, -0.15) is 5.26 Å². The molecular weight excluding hydrogens is 234 g/mol. The molecule has 0 heterocycles. The van der Waals surface area contributed by atoms with Gasteiger partial charge in [0.15, 0.2) is 0 Å². The molecule has 1 N–H and O–H groups in total. The normalized spacial score (nSPS) is 12.4. The highest BCUT2D eigenvalue weighted by molar-refractivity contribution is 5.35. The predicted octanol–water partition coefficient (Wildman–Crippen LogP) is 2.80. The Balaban J connectivity index is 2.64. The average Bonchev–Trinajstić information content (AvgIpc) is 2.42. The van der Waals surface area contributed by atoms with Crippen LogP contribution in [0, 0.1) is 25.2 Å². The van der Waals surface area contributed by atoms with E-state index in [1.54, 1.807) is 0 Å². The minimum Gasteiger partial charge on any atom is -0.303 e. The van der Waals surface area contributed by atoms with E-state index in [0.717, 1.165) is 31.7 Å². The maximum absolute atomic E-state index is 9.35. The summed E-state index contributed by atoms with van der Waals surface area (Å²) < 4.78 is 0. The molecule has 1 atom stereocenters. The molecule has 0 aliphatic heterocycles. The van der Waals surface area contributed by atoms with Gasteiger partial charge < -0.3 is 4.90 Å². The van der Waals surface area contributed by atoms with Crippen molar-refractivity contribution in [1.82, 2.24) is 10.2 Å². The largest absolute Gasteiger partial charge is 0.303 e. The van der Waals surface area contributed by atoms with Crippen molar-refractivity contribution in [2.45, 2.75) is 33.7 Å². The van der Waals surface area contributed by atoms with Gasteiger partial charge in [-0.05, 0) is 38.1 Å². The molecule has 0 bridgehead atoms. The molecule has 1 rings (SSSR count). The number of rotatable bonds is 7. The summed E-state index contributed by atoms with van der Waals surface area (Å²) in [7, 11) is 0. The van der Waals surface area contributed by atoms with E-state index in [4.69, 9.17) is 0 Å². The van der Waals surface area contributed by atoms with Gasteiger partial charge in [-0.1, -0.05) is 37.6 Å². The molecule has 3 nitrogen and oxygen atoms in total. The number of hydrogen-bond donors (Lipinski definition) is 1. The van der Waals surface area contributed by atoms with Crippen LogP contribution < -0.4 is 5.32 Å². The van der Waals surface area contributed by atoms with Crippen LogP contribution in [0.3, 0.4) is 0 Å². The second-order valence-corrected chi connectivity index (χ2v) is 4.90. The molecule has 104 valence electrons. The summed E-state index contributed by atoms with van der Waals surface area (Å²) in [5.41, 5.74) is 3.47. The molecule has 0 radical (unpaired) electrons.